The third-order valence-electron chi connectivity index (χ3n) is 2.67. The second kappa shape index (κ2) is 7.25. The van der Waals surface area contributed by atoms with Crippen LogP contribution in [-0.4, -0.2) is 44.2 Å². The van der Waals surface area contributed by atoms with Gasteiger partial charge in [-0.1, -0.05) is 6.92 Å². The Labute approximate surface area is 104 Å². The van der Waals surface area contributed by atoms with E-state index in [0.717, 1.165) is 31.0 Å². The van der Waals surface area contributed by atoms with E-state index in [0.29, 0.717) is 0 Å². The van der Waals surface area contributed by atoms with Crippen molar-refractivity contribution in [3.63, 3.8) is 0 Å². The molecule has 0 amide bonds. The fraction of sp³-hybridized carbons (Fsp3) is 0.615. The largest absolute Gasteiger partial charge is 0.495 e. The van der Waals surface area contributed by atoms with Crippen LogP contribution in [0.15, 0.2) is 18.3 Å². The van der Waals surface area contributed by atoms with Crippen molar-refractivity contribution in [2.24, 2.45) is 0 Å². The van der Waals surface area contributed by atoms with Crippen LogP contribution in [0.25, 0.3) is 0 Å². The molecule has 1 N–H and O–H groups in total. The van der Waals surface area contributed by atoms with Crippen molar-refractivity contribution in [1.82, 2.24) is 15.2 Å². The summed E-state index contributed by atoms with van der Waals surface area (Å²) in [6.45, 7) is 4.06. The molecule has 0 aliphatic heterocycles. The van der Waals surface area contributed by atoms with Gasteiger partial charge in [0.15, 0.2) is 0 Å². The smallest absolute Gasteiger partial charge is 0.141 e. The summed E-state index contributed by atoms with van der Waals surface area (Å²) >= 11 is 0. The molecule has 1 atom stereocenters. The lowest BCUT2D eigenvalue weighted by atomic mass is 10.1. The SMILES string of the molecule is CCNC(CCN(C)C)c1ncccc1OC. The first-order valence-corrected chi connectivity index (χ1v) is 6.06. The number of nitrogens with zero attached hydrogens (tertiary/aromatic N) is 2. The fourth-order valence-electron chi connectivity index (χ4n) is 1.81. The molecule has 0 bridgehead atoms. The summed E-state index contributed by atoms with van der Waals surface area (Å²) in [5, 5.41) is 3.46. The van der Waals surface area contributed by atoms with E-state index in [-0.39, 0.29) is 6.04 Å². The number of pyridine rings is 1. The van der Waals surface area contributed by atoms with E-state index in [1.54, 1.807) is 7.11 Å². The number of hydrogen-bond donors (Lipinski definition) is 1. The molecule has 1 heterocycles. The van der Waals surface area contributed by atoms with Crippen molar-refractivity contribution in [1.29, 1.82) is 0 Å². The van der Waals surface area contributed by atoms with Crippen LogP contribution in [0, 0.1) is 0 Å². The lowest BCUT2D eigenvalue weighted by molar-refractivity contribution is 0.348. The lowest BCUT2D eigenvalue weighted by Crippen LogP contribution is -2.26. The van der Waals surface area contributed by atoms with Crippen LogP contribution in [0.5, 0.6) is 5.75 Å². The van der Waals surface area contributed by atoms with Crippen molar-refractivity contribution in [3.05, 3.63) is 24.0 Å². The first-order chi connectivity index (χ1) is 8.19. The average Bonchev–Trinajstić information content (AvgIpc) is 2.34. The van der Waals surface area contributed by atoms with Gasteiger partial charge in [-0.3, -0.25) is 4.98 Å². The summed E-state index contributed by atoms with van der Waals surface area (Å²) < 4.78 is 5.36. The molecular weight excluding hydrogens is 214 g/mol. The minimum absolute atomic E-state index is 0.249. The summed E-state index contributed by atoms with van der Waals surface area (Å²) in [6.07, 6.45) is 2.84. The van der Waals surface area contributed by atoms with Crippen LogP contribution in [0.2, 0.25) is 0 Å². The van der Waals surface area contributed by atoms with Gasteiger partial charge < -0.3 is 15.0 Å². The Bertz CT molecular complexity index is 328. The summed E-state index contributed by atoms with van der Waals surface area (Å²) in [4.78, 5) is 6.62. The van der Waals surface area contributed by atoms with Gasteiger partial charge in [0.1, 0.15) is 5.75 Å². The summed E-state index contributed by atoms with van der Waals surface area (Å²) in [5.41, 5.74) is 0.999. The molecule has 1 aromatic rings. The van der Waals surface area contributed by atoms with Gasteiger partial charge in [0.2, 0.25) is 0 Å². The molecule has 1 rings (SSSR count). The number of hydrogen-bond acceptors (Lipinski definition) is 4. The third-order valence-corrected chi connectivity index (χ3v) is 2.67. The van der Waals surface area contributed by atoms with E-state index in [9.17, 15) is 0 Å². The predicted molar refractivity (Wildman–Crippen MR) is 70.4 cm³/mol. The first kappa shape index (κ1) is 13.9. The van der Waals surface area contributed by atoms with Crippen molar-refractivity contribution in [2.45, 2.75) is 19.4 Å². The third kappa shape index (κ3) is 4.32. The maximum absolute atomic E-state index is 5.36. The van der Waals surface area contributed by atoms with Gasteiger partial charge in [-0.15, -0.1) is 0 Å². The number of rotatable bonds is 7. The molecule has 0 saturated carbocycles. The maximum Gasteiger partial charge on any atom is 0.141 e. The molecule has 96 valence electrons. The average molecular weight is 237 g/mol. The van der Waals surface area contributed by atoms with Crippen molar-refractivity contribution >= 4 is 0 Å². The highest BCUT2D eigenvalue weighted by Gasteiger charge is 2.16. The van der Waals surface area contributed by atoms with E-state index in [1.165, 1.54) is 0 Å². The van der Waals surface area contributed by atoms with Crippen LogP contribution >= 0.6 is 0 Å². The quantitative estimate of drug-likeness (QED) is 0.783. The highest BCUT2D eigenvalue weighted by atomic mass is 16.5. The first-order valence-electron chi connectivity index (χ1n) is 6.06. The van der Waals surface area contributed by atoms with E-state index in [2.05, 4.69) is 36.2 Å². The molecule has 4 heteroatoms. The summed E-state index contributed by atoms with van der Waals surface area (Å²) in [6, 6.07) is 4.11. The molecule has 0 aromatic carbocycles. The Morgan fingerprint density at radius 2 is 2.24 bits per heavy atom. The molecule has 0 aliphatic rings. The molecule has 0 saturated heterocycles. The Morgan fingerprint density at radius 3 is 2.82 bits per heavy atom. The zero-order chi connectivity index (χ0) is 12.7. The second-order valence-electron chi connectivity index (χ2n) is 4.29. The molecule has 4 nitrogen and oxygen atoms in total. The topological polar surface area (TPSA) is 37.4 Å². The van der Waals surface area contributed by atoms with E-state index >= 15 is 0 Å². The highest BCUT2D eigenvalue weighted by molar-refractivity contribution is 5.29. The number of ether oxygens (including phenoxy) is 1. The minimum atomic E-state index is 0.249. The molecule has 1 aromatic heterocycles. The van der Waals surface area contributed by atoms with Crippen LogP contribution in [0.1, 0.15) is 25.1 Å². The van der Waals surface area contributed by atoms with Crippen molar-refractivity contribution < 1.29 is 4.74 Å². The van der Waals surface area contributed by atoms with Crippen LogP contribution in [-0.2, 0) is 0 Å². The molecule has 0 spiro atoms. The van der Waals surface area contributed by atoms with Crippen LogP contribution in [0.4, 0.5) is 0 Å². The van der Waals surface area contributed by atoms with Gasteiger partial charge >= 0.3 is 0 Å². The van der Waals surface area contributed by atoms with Crippen LogP contribution < -0.4 is 10.1 Å². The van der Waals surface area contributed by atoms with Gasteiger partial charge in [0, 0.05) is 6.20 Å². The molecular formula is C13H23N3O. The predicted octanol–water partition coefficient (Wildman–Crippen LogP) is 1.69. The number of methoxy groups -OCH3 is 1. The lowest BCUT2D eigenvalue weighted by Gasteiger charge is -2.21. The summed E-state index contributed by atoms with van der Waals surface area (Å²) in [7, 11) is 5.85. The van der Waals surface area contributed by atoms with E-state index in [1.807, 2.05) is 18.3 Å². The van der Waals surface area contributed by atoms with Gasteiger partial charge in [-0.2, -0.15) is 0 Å². The molecule has 0 fully saturated rings. The standard InChI is InChI=1S/C13H23N3O/c1-5-14-11(8-10-16(2)3)13-12(17-4)7-6-9-15-13/h6-7,9,11,14H,5,8,10H2,1-4H3. The zero-order valence-corrected chi connectivity index (χ0v) is 11.2. The van der Waals surface area contributed by atoms with Gasteiger partial charge in [0.05, 0.1) is 18.8 Å². The monoisotopic (exact) mass is 237 g/mol. The number of aromatic nitrogens is 1. The molecule has 17 heavy (non-hydrogen) atoms. The Hall–Kier alpha value is -1.13. The van der Waals surface area contributed by atoms with Gasteiger partial charge in [0.25, 0.3) is 0 Å². The van der Waals surface area contributed by atoms with E-state index in [4.69, 9.17) is 4.74 Å². The minimum Gasteiger partial charge on any atom is -0.495 e. The Morgan fingerprint density at radius 1 is 1.47 bits per heavy atom. The zero-order valence-electron chi connectivity index (χ0n) is 11.2. The molecule has 1 unspecified atom stereocenters. The number of nitrogens with one attached hydrogen (secondary N) is 1. The molecule has 0 radical (unpaired) electrons. The van der Waals surface area contributed by atoms with Crippen molar-refractivity contribution in [3.8, 4) is 5.75 Å². The Balaban J connectivity index is 2.80. The second-order valence-corrected chi connectivity index (χ2v) is 4.29. The highest BCUT2D eigenvalue weighted by Crippen LogP contribution is 2.24. The summed E-state index contributed by atoms with van der Waals surface area (Å²) in [5.74, 6) is 0.859. The van der Waals surface area contributed by atoms with Gasteiger partial charge in [-0.25, -0.2) is 0 Å². The normalized spacial score (nSPS) is 12.8. The maximum atomic E-state index is 5.36. The van der Waals surface area contributed by atoms with Crippen molar-refractivity contribution in [2.75, 3.05) is 34.3 Å². The van der Waals surface area contributed by atoms with Gasteiger partial charge in [-0.05, 0) is 45.7 Å². The Kier molecular flexibility index (Phi) is 5.94. The van der Waals surface area contributed by atoms with Crippen LogP contribution in [0.3, 0.4) is 0 Å². The fourth-order valence-corrected chi connectivity index (χ4v) is 1.81. The van der Waals surface area contributed by atoms with E-state index < -0.39 is 0 Å². The molecule has 0 aliphatic carbocycles.